The minimum absolute atomic E-state index is 0.134. The van der Waals surface area contributed by atoms with E-state index in [1.165, 1.54) is 4.68 Å². The number of benzene rings is 1. The Morgan fingerprint density at radius 1 is 1.32 bits per heavy atom. The van der Waals surface area contributed by atoms with Gasteiger partial charge in [0.15, 0.2) is 6.29 Å². The van der Waals surface area contributed by atoms with E-state index >= 15 is 0 Å². The van der Waals surface area contributed by atoms with Gasteiger partial charge in [0.2, 0.25) is 0 Å². The minimum Gasteiger partial charge on any atom is -0.496 e. The van der Waals surface area contributed by atoms with Gasteiger partial charge in [-0.25, -0.2) is 4.68 Å². The highest BCUT2D eigenvalue weighted by Gasteiger charge is 2.10. The number of nitrogens with zero attached hydrogens (tertiary/aromatic N) is 2. The molecular formula is C17H20N2O3. The van der Waals surface area contributed by atoms with Crippen LogP contribution in [0.1, 0.15) is 35.7 Å². The Labute approximate surface area is 129 Å². The van der Waals surface area contributed by atoms with Gasteiger partial charge in [0, 0.05) is 12.1 Å². The zero-order valence-corrected chi connectivity index (χ0v) is 13.1. The van der Waals surface area contributed by atoms with Crippen molar-refractivity contribution < 1.29 is 9.53 Å². The molecule has 22 heavy (non-hydrogen) atoms. The maximum atomic E-state index is 12.1. The number of rotatable bonds is 6. The summed E-state index contributed by atoms with van der Waals surface area (Å²) in [6, 6.07) is 7.20. The standard InChI is InChI=1S/C17H20N2O3/c1-4-5-8-19-17(21)14(11-20)10-15(18-19)13-6-7-16(22-3)12(2)9-13/h6-7,9-11H,4-5,8H2,1-3H3. The van der Waals surface area contributed by atoms with Crippen LogP contribution in [0, 0.1) is 6.92 Å². The van der Waals surface area contributed by atoms with E-state index in [1.54, 1.807) is 13.2 Å². The number of carbonyl (C=O) groups is 1. The lowest BCUT2D eigenvalue weighted by Crippen LogP contribution is -2.26. The maximum absolute atomic E-state index is 12.1. The lowest BCUT2D eigenvalue weighted by atomic mass is 10.1. The first-order valence-electron chi connectivity index (χ1n) is 7.33. The number of aldehydes is 1. The van der Waals surface area contributed by atoms with Crippen LogP contribution in [0.2, 0.25) is 0 Å². The number of unbranched alkanes of at least 4 members (excludes halogenated alkanes) is 1. The van der Waals surface area contributed by atoms with Crippen molar-refractivity contribution in [3.8, 4) is 17.0 Å². The van der Waals surface area contributed by atoms with Crippen molar-refractivity contribution in [1.29, 1.82) is 0 Å². The number of hydrogen-bond acceptors (Lipinski definition) is 4. The molecule has 0 fully saturated rings. The second-order valence-corrected chi connectivity index (χ2v) is 5.17. The summed E-state index contributed by atoms with van der Waals surface area (Å²) in [6.45, 7) is 4.50. The van der Waals surface area contributed by atoms with Crippen LogP contribution in [0.5, 0.6) is 5.75 Å². The number of aryl methyl sites for hydroxylation is 2. The Bertz CT molecular complexity index is 735. The normalized spacial score (nSPS) is 10.5. The molecule has 0 atom stereocenters. The van der Waals surface area contributed by atoms with Gasteiger partial charge < -0.3 is 4.74 Å². The highest BCUT2D eigenvalue weighted by atomic mass is 16.5. The van der Waals surface area contributed by atoms with Crippen LogP contribution < -0.4 is 10.3 Å². The van der Waals surface area contributed by atoms with Crippen molar-refractivity contribution in [1.82, 2.24) is 9.78 Å². The van der Waals surface area contributed by atoms with Gasteiger partial charge in [-0.05, 0) is 43.2 Å². The molecule has 1 aromatic heterocycles. The van der Waals surface area contributed by atoms with Gasteiger partial charge in [-0.2, -0.15) is 5.10 Å². The topological polar surface area (TPSA) is 61.2 Å². The number of methoxy groups -OCH3 is 1. The average molecular weight is 300 g/mol. The first-order chi connectivity index (χ1) is 10.6. The quantitative estimate of drug-likeness (QED) is 0.770. The van der Waals surface area contributed by atoms with Crippen molar-refractivity contribution in [2.75, 3.05) is 7.11 Å². The number of carbonyl (C=O) groups excluding carboxylic acids is 1. The van der Waals surface area contributed by atoms with E-state index in [-0.39, 0.29) is 11.1 Å². The molecule has 1 aromatic carbocycles. The third kappa shape index (κ3) is 3.24. The van der Waals surface area contributed by atoms with E-state index < -0.39 is 0 Å². The fourth-order valence-electron chi connectivity index (χ4n) is 2.29. The Morgan fingerprint density at radius 2 is 2.09 bits per heavy atom. The van der Waals surface area contributed by atoms with Crippen LogP contribution in [0.25, 0.3) is 11.3 Å². The van der Waals surface area contributed by atoms with Crippen molar-refractivity contribution in [2.24, 2.45) is 0 Å². The molecule has 0 spiro atoms. The maximum Gasteiger partial charge on any atom is 0.277 e. The van der Waals surface area contributed by atoms with Crippen LogP contribution in [0.3, 0.4) is 0 Å². The van der Waals surface area contributed by atoms with Gasteiger partial charge >= 0.3 is 0 Å². The molecule has 1 heterocycles. The Kier molecular flexibility index (Phi) is 5.09. The molecular weight excluding hydrogens is 280 g/mol. The van der Waals surface area contributed by atoms with E-state index in [9.17, 15) is 9.59 Å². The Balaban J connectivity index is 2.52. The fourth-order valence-corrected chi connectivity index (χ4v) is 2.29. The predicted octanol–water partition coefficient (Wildman–Crippen LogP) is 2.84. The molecule has 0 saturated carbocycles. The molecule has 116 valence electrons. The molecule has 0 amide bonds. The second-order valence-electron chi connectivity index (χ2n) is 5.17. The number of aromatic nitrogens is 2. The zero-order chi connectivity index (χ0) is 16.1. The molecule has 5 heteroatoms. The largest absolute Gasteiger partial charge is 0.496 e. The highest BCUT2D eigenvalue weighted by molar-refractivity contribution is 5.77. The molecule has 0 bridgehead atoms. The van der Waals surface area contributed by atoms with Crippen LogP contribution in [-0.4, -0.2) is 23.2 Å². The van der Waals surface area contributed by atoms with E-state index in [2.05, 4.69) is 5.10 Å². The van der Waals surface area contributed by atoms with Gasteiger partial charge in [0.25, 0.3) is 5.56 Å². The van der Waals surface area contributed by atoms with Crippen molar-refractivity contribution >= 4 is 6.29 Å². The molecule has 0 radical (unpaired) electrons. The number of ether oxygens (including phenoxy) is 1. The summed E-state index contributed by atoms with van der Waals surface area (Å²) in [5.41, 5.74) is 2.24. The summed E-state index contributed by atoms with van der Waals surface area (Å²) >= 11 is 0. The van der Waals surface area contributed by atoms with Crippen molar-refractivity contribution in [3.63, 3.8) is 0 Å². The molecule has 0 aliphatic heterocycles. The third-order valence-electron chi connectivity index (χ3n) is 3.54. The molecule has 0 unspecified atom stereocenters. The number of hydrogen-bond donors (Lipinski definition) is 0. The van der Waals surface area contributed by atoms with Gasteiger partial charge in [-0.3, -0.25) is 9.59 Å². The second kappa shape index (κ2) is 7.02. The van der Waals surface area contributed by atoms with Crippen LogP contribution >= 0.6 is 0 Å². The fraction of sp³-hybridized carbons (Fsp3) is 0.353. The summed E-state index contributed by atoms with van der Waals surface area (Å²) in [5.74, 6) is 0.790. The summed E-state index contributed by atoms with van der Waals surface area (Å²) in [4.78, 5) is 23.2. The molecule has 0 aliphatic rings. The smallest absolute Gasteiger partial charge is 0.277 e. The van der Waals surface area contributed by atoms with Crippen molar-refractivity contribution in [3.05, 3.63) is 45.7 Å². The zero-order valence-electron chi connectivity index (χ0n) is 13.1. The van der Waals surface area contributed by atoms with Gasteiger partial charge in [-0.15, -0.1) is 0 Å². The molecule has 2 rings (SSSR count). The lowest BCUT2D eigenvalue weighted by Gasteiger charge is -2.10. The van der Waals surface area contributed by atoms with Gasteiger partial charge in [-0.1, -0.05) is 13.3 Å². The predicted molar refractivity (Wildman–Crippen MR) is 85.5 cm³/mol. The summed E-state index contributed by atoms with van der Waals surface area (Å²) < 4.78 is 6.62. The van der Waals surface area contributed by atoms with E-state index in [0.29, 0.717) is 18.5 Å². The van der Waals surface area contributed by atoms with E-state index in [0.717, 1.165) is 29.7 Å². The summed E-state index contributed by atoms with van der Waals surface area (Å²) in [5, 5.41) is 4.39. The van der Waals surface area contributed by atoms with Gasteiger partial charge in [0.05, 0.1) is 18.4 Å². The third-order valence-corrected chi connectivity index (χ3v) is 3.54. The summed E-state index contributed by atoms with van der Waals surface area (Å²) in [6.07, 6.45) is 2.39. The monoisotopic (exact) mass is 300 g/mol. The van der Waals surface area contributed by atoms with E-state index in [1.807, 2.05) is 32.0 Å². The lowest BCUT2D eigenvalue weighted by molar-refractivity contribution is 0.112. The molecule has 0 N–H and O–H groups in total. The minimum atomic E-state index is -0.336. The van der Waals surface area contributed by atoms with Crippen LogP contribution in [0.15, 0.2) is 29.1 Å². The molecule has 2 aromatic rings. The Morgan fingerprint density at radius 3 is 2.68 bits per heavy atom. The Hall–Kier alpha value is -2.43. The average Bonchev–Trinajstić information content (AvgIpc) is 2.53. The SMILES string of the molecule is CCCCn1nc(-c2ccc(OC)c(C)c2)cc(C=O)c1=O. The van der Waals surface area contributed by atoms with Crippen LogP contribution in [0.4, 0.5) is 0 Å². The van der Waals surface area contributed by atoms with Crippen LogP contribution in [-0.2, 0) is 6.54 Å². The first-order valence-corrected chi connectivity index (χ1v) is 7.33. The first kappa shape index (κ1) is 15.9. The highest BCUT2D eigenvalue weighted by Crippen LogP contribution is 2.24. The molecule has 0 aliphatic carbocycles. The molecule has 5 nitrogen and oxygen atoms in total. The molecule has 0 saturated heterocycles. The van der Waals surface area contributed by atoms with E-state index in [4.69, 9.17) is 4.74 Å². The van der Waals surface area contributed by atoms with Crippen molar-refractivity contribution in [2.45, 2.75) is 33.2 Å². The van der Waals surface area contributed by atoms with Gasteiger partial charge in [0.1, 0.15) is 5.75 Å². The summed E-state index contributed by atoms with van der Waals surface area (Å²) in [7, 11) is 1.62.